The van der Waals surface area contributed by atoms with Crippen molar-refractivity contribution in [1.82, 2.24) is 10.2 Å². The highest BCUT2D eigenvalue weighted by Crippen LogP contribution is 2.15. The Labute approximate surface area is 110 Å². The van der Waals surface area contributed by atoms with Crippen molar-refractivity contribution in [2.45, 2.75) is 38.8 Å². The summed E-state index contributed by atoms with van der Waals surface area (Å²) in [7, 11) is 0. The number of halogens is 1. The summed E-state index contributed by atoms with van der Waals surface area (Å²) in [6, 6.07) is 0.0348. The number of carbonyl (C=O) groups excluding carboxylic acids is 2. The summed E-state index contributed by atoms with van der Waals surface area (Å²) in [6.07, 6.45) is 0.464. The van der Waals surface area contributed by atoms with E-state index in [2.05, 4.69) is 21.2 Å². The third kappa shape index (κ3) is 4.93. The van der Waals surface area contributed by atoms with Crippen LogP contribution in [0.25, 0.3) is 0 Å². The molecule has 2 amide bonds. The van der Waals surface area contributed by atoms with Crippen molar-refractivity contribution >= 4 is 27.9 Å². The summed E-state index contributed by atoms with van der Waals surface area (Å²) < 4.78 is 5.27. The number of alkyl halides is 1. The molecule has 0 radical (unpaired) electrons. The number of hydrogen-bond donors (Lipinski definition) is 1. The van der Waals surface area contributed by atoms with Gasteiger partial charge in [0.2, 0.25) is 5.91 Å². The minimum atomic E-state index is -0.478. The number of nitrogens with zero attached hydrogens (tertiary/aromatic N) is 1. The van der Waals surface area contributed by atoms with E-state index in [1.54, 1.807) is 4.90 Å². The van der Waals surface area contributed by atoms with Gasteiger partial charge in [-0.05, 0) is 27.2 Å². The van der Waals surface area contributed by atoms with E-state index in [9.17, 15) is 9.59 Å². The number of nitrogens with one attached hydrogen (secondary N) is 1. The number of rotatable bonds is 2. The second-order valence-corrected chi connectivity index (χ2v) is 5.67. The van der Waals surface area contributed by atoms with E-state index < -0.39 is 5.60 Å². The second kappa shape index (κ2) is 5.71. The van der Waals surface area contributed by atoms with Crippen molar-refractivity contribution in [3.63, 3.8) is 0 Å². The van der Waals surface area contributed by atoms with Gasteiger partial charge in [-0.2, -0.15) is 0 Å². The van der Waals surface area contributed by atoms with Crippen LogP contribution < -0.4 is 5.32 Å². The fourth-order valence-electron chi connectivity index (χ4n) is 1.64. The van der Waals surface area contributed by atoms with Gasteiger partial charge in [-0.3, -0.25) is 4.79 Å². The zero-order chi connectivity index (χ0) is 13.1. The molecule has 1 aliphatic rings. The van der Waals surface area contributed by atoms with E-state index in [0.717, 1.165) is 6.42 Å². The fourth-order valence-corrected chi connectivity index (χ4v) is 1.80. The van der Waals surface area contributed by atoms with Gasteiger partial charge < -0.3 is 15.0 Å². The molecule has 1 rings (SSSR count). The van der Waals surface area contributed by atoms with E-state index in [1.165, 1.54) is 0 Å². The molecule has 0 aromatic rings. The second-order valence-electron chi connectivity index (χ2n) is 5.11. The molecule has 98 valence electrons. The highest BCUT2D eigenvalue weighted by Gasteiger charge is 2.30. The SMILES string of the molecule is CC(C)(C)OC(=O)N1CCC(NC(=O)CBr)C1. The molecule has 1 saturated heterocycles. The molecule has 0 aliphatic carbocycles. The van der Waals surface area contributed by atoms with Crippen LogP contribution in [0.5, 0.6) is 0 Å². The fraction of sp³-hybridized carbons (Fsp3) is 0.818. The topological polar surface area (TPSA) is 58.6 Å². The van der Waals surface area contributed by atoms with Crippen LogP contribution >= 0.6 is 15.9 Å². The quantitative estimate of drug-likeness (QED) is 0.787. The minimum Gasteiger partial charge on any atom is -0.444 e. The van der Waals surface area contributed by atoms with E-state index in [-0.39, 0.29) is 23.4 Å². The third-order valence-electron chi connectivity index (χ3n) is 2.33. The zero-order valence-electron chi connectivity index (χ0n) is 10.5. The van der Waals surface area contributed by atoms with Gasteiger partial charge in [0.25, 0.3) is 0 Å². The Morgan fingerprint density at radius 3 is 2.65 bits per heavy atom. The first-order chi connectivity index (χ1) is 7.81. The van der Waals surface area contributed by atoms with Crippen molar-refractivity contribution in [1.29, 1.82) is 0 Å². The number of hydrogen-bond acceptors (Lipinski definition) is 3. The monoisotopic (exact) mass is 306 g/mol. The molecule has 0 saturated carbocycles. The molecule has 5 nitrogen and oxygen atoms in total. The predicted octanol–water partition coefficient (Wildman–Crippen LogP) is 1.51. The van der Waals surface area contributed by atoms with E-state index in [4.69, 9.17) is 4.74 Å². The van der Waals surface area contributed by atoms with Crippen LogP contribution in [-0.4, -0.2) is 47.0 Å². The normalized spacial score (nSPS) is 20.2. The van der Waals surface area contributed by atoms with Crippen LogP contribution in [0.15, 0.2) is 0 Å². The zero-order valence-corrected chi connectivity index (χ0v) is 12.0. The van der Waals surface area contributed by atoms with E-state index in [1.807, 2.05) is 20.8 Å². The molecule has 1 N–H and O–H groups in total. The maximum absolute atomic E-state index is 11.7. The molecular weight excluding hydrogens is 288 g/mol. The van der Waals surface area contributed by atoms with Crippen LogP contribution in [0.2, 0.25) is 0 Å². The Balaban J connectivity index is 2.39. The van der Waals surface area contributed by atoms with Gasteiger partial charge in [-0.1, -0.05) is 15.9 Å². The number of ether oxygens (including phenoxy) is 1. The summed E-state index contributed by atoms with van der Waals surface area (Å²) in [5, 5.41) is 3.13. The molecule has 1 unspecified atom stereocenters. The lowest BCUT2D eigenvalue weighted by molar-refractivity contribution is -0.119. The highest BCUT2D eigenvalue weighted by atomic mass is 79.9. The van der Waals surface area contributed by atoms with Gasteiger partial charge in [-0.15, -0.1) is 0 Å². The Kier molecular flexibility index (Phi) is 4.80. The first kappa shape index (κ1) is 14.3. The maximum Gasteiger partial charge on any atom is 0.410 e. The van der Waals surface area contributed by atoms with Crippen LogP contribution in [0.1, 0.15) is 27.2 Å². The first-order valence-electron chi connectivity index (χ1n) is 5.65. The summed E-state index contributed by atoms with van der Waals surface area (Å²) in [5.41, 5.74) is -0.478. The van der Waals surface area contributed by atoms with Crippen molar-refractivity contribution < 1.29 is 14.3 Å². The molecule has 1 fully saturated rings. The average molecular weight is 307 g/mol. The number of carbonyl (C=O) groups is 2. The van der Waals surface area contributed by atoms with Gasteiger partial charge in [0, 0.05) is 19.1 Å². The van der Waals surface area contributed by atoms with Gasteiger partial charge in [0.05, 0.1) is 5.33 Å². The van der Waals surface area contributed by atoms with Gasteiger partial charge >= 0.3 is 6.09 Å². The molecule has 1 heterocycles. The Hall–Kier alpha value is -0.780. The van der Waals surface area contributed by atoms with Gasteiger partial charge in [0.15, 0.2) is 0 Å². The lowest BCUT2D eigenvalue weighted by Gasteiger charge is -2.24. The lowest BCUT2D eigenvalue weighted by Crippen LogP contribution is -2.40. The molecule has 0 aromatic heterocycles. The molecule has 1 atom stereocenters. The van der Waals surface area contributed by atoms with Gasteiger partial charge in [-0.25, -0.2) is 4.79 Å². The van der Waals surface area contributed by atoms with Crippen LogP contribution in [-0.2, 0) is 9.53 Å². The van der Waals surface area contributed by atoms with Crippen molar-refractivity contribution in [3.05, 3.63) is 0 Å². The summed E-state index contributed by atoms with van der Waals surface area (Å²) in [5.74, 6) is -0.0546. The maximum atomic E-state index is 11.7. The first-order valence-corrected chi connectivity index (χ1v) is 6.77. The molecule has 0 aromatic carbocycles. The Morgan fingerprint density at radius 1 is 1.47 bits per heavy atom. The lowest BCUT2D eigenvalue weighted by atomic mass is 10.2. The summed E-state index contributed by atoms with van der Waals surface area (Å²) in [4.78, 5) is 24.6. The standard InChI is InChI=1S/C11H19BrN2O3/c1-11(2,3)17-10(16)14-5-4-8(7-14)13-9(15)6-12/h8H,4-7H2,1-3H3,(H,13,15). The minimum absolute atomic E-state index is 0.0348. The van der Waals surface area contributed by atoms with Crippen molar-refractivity contribution in [3.8, 4) is 0 Å². The smallest absolute Gasteiger partial charge is 0.410 e. The molecule has 1 aliphatic heterocycles. The third-order valence-corrected chi connectivity index (χ3v) is 2.84. The predicted molar refractivity (Wildman–Crippen MR) is 68.1 cm³/mol. The average Bonchev–Trinajstić information content (AvgIpc) is 2.63. The molecule has 17 heavy (non-hydrogen) atoms. The van der Waals surface area contributed by atoms with E-state index in [0.29, 0.717) is 13.1 Å². The van der Waals surface area contributed by atoms with Crippen LogP contribution in [0.3, 0.4) is 0 Å². The van der Waals surface area contributed by atoms with Crippen LogP contribution in [0.4, 0.5) is 4.79 Å². The van der Waals surface area contributed by atoms with Crippen LogP contribution in [0, 0.1) is 0 Å². The largest absolute Gasteiger partial charge is 0.444 e. The van der Waals surface area contributed by atoms with Gasteiger partial charge in [0.1, 0.15) is 5.60 Å². The molecular formula is C11H19BrN2O3. The summed E-state index contributed by atoms with van der Waals surface area (Å²) >= 11 is 3.09. The number of amides is 2. The molecule has 0 bridgehead atoms. The molecule has 6 heteroatoms. The van der Waals surface area contributed by atoms with E-state index >= 15 is 0 Å². The highest BCUT2D eigenvalue weighted by molar-refractivity contribution is 9.09. The van der Waals surface area contributed by atoms with Crippen molar-refractivity contribution in [2.24, 2.45) is 0 Å². The van der Waals surface area contributed by atoms with Crippen molar-refractivity contribution in [2.75, 3.05) is 18.4 Å². The molecule has 0 spiro atoms. The summed E-state index contributed by atoms with van der Waals surface area (Å²) in [6.45, 7) is 6.66. The Bertz CT molecular complexity index is 302. The number of likely N-dealkylation sites (tertiary alicyclic amines) is 1. The Morgan fingerprint density at radius 2 is 2.12 bits per heavy atom.